The molecule has 0 aliphatic heterocycles. The fraction of sp³-hybridized carbons (Fsp3) is 0.381. The molecule has 1 unspecified atom stereocenters. The number of hydrogen-bond donors (Lipinski definition) is 1. The van der Waals surface area contributed by atoms with Gasteiger partial charge in [0, 0.05) is 16.6 Å². The lowest BCUT2D eigenvalue weighted by atomic mass is 9.74. The van der Waals surface area contributed by atoms with Crippen LogP contribution in [0.1, 0.15) is 44.1 Å². The van der Waals surface area contributed by atoms with Crippen molar-refractivity contribution in [1.82, 2.24) is 0 Å². The zero-order valence-electron chi connectivity index (χ0n) is 14.0. The van der Waals surface area contributed by atoms with Crippen molar-refractivity contribution in [3.63, 3.8) is 0 Å². The molecular formula is C21H24ClNO. The van der Waals surface area contributed by atoms with Gasteiger partial charge in [0.05, 0.1) is 0 Å². The summed E-state index contributed by atoms with van der Waals surface area (Å²) in [6.07, 6.45) is 4.59. The van der Waals surface area contributed by atoms with Gasteiger partial charge in [0.15, 0.2) is 0 Å². The molecule has 3 rings (SSSR count). The highest BCUT2D eigenvalue weighted by molar-refractivity contribution is 6.30. The van der Waals surface area contributed by atoms with Gasteiger partial charge in [0.2, 0.25) is 5.91 Å². The van der Waals surface area contributed by atoms with E-state index in [1.807, 2.05) is 12.1 Å². The number of carbonyl (C=O) groups excluding carboxylic acids is 1. The van der Waals surface area contributed by atoms with Crippen LogP contribution in [0.2, 0.25) is 5.02 Å². The largest absolute Gasteiger partial charge is 0.326 e. The van der Waals surface area contributed by atoms with E-state index in [2.05, 4.69) is 42.6 Å². The van der Waals surface area contributed by atoms with Crippen molar-refractivity contribution in [1.29, 1.82) is 0 Å². The highest BCUT2D eigenvalue weighted by atomic mass is 35.5. The summed E-state index contributed by atoms with van der Waals surface area (Å²) in [5.74, 6) is 1.27. The van der Waals surface area contributed by atoms with Crippen LogP contribution in [0.4, 0.5) is 5.69 Å². The third-order valence-corrected chi connectivity index (χ3v) is 5.53. The Kier molecular flexibility index (Phi) is 5.57. The molecule has 2 aromatic carbocycles. The predicted octanol–water partition coefficient (Wildman–Crippen LogP) is 5.89. The average Bonchev–Trinajstić information content (AvgIpc) is 2.64. The number of anilines is 1. The number of benzene rings is 2. The first kappa shape index (κ1) is 17.0. The van der Waals surface area contributed by atoms with E-state index in [0.717, 1.165) is 18.5 Å². The van der Waals surface area contributed by atoms with Crippen LogP contribution in [-0.2, 0) is 4.79 Å². The highest BCUT2D eigenvalue weighted by Crippen LogP contribution is 2.38. The molecule has 2 nitrogen and oxygen atoms in total. The maximum Gasteiger partial charge on any atom is 0.227 e. The summed E-state index contributed by atoms with van der Waals surface area (Å²) in [7, 11) is 0. The fourth-order valence-electron chi connectivity index (χ4n) is 3.68. The Morgan fingerprint density at radius 1 is 1.00 bits per heavy atom. The third kappa shape index (κ3) is 4.18. The molecule has 1 saturated carbocycles. The highest BCUT2D eigenvalue weighted by Gasteiger charge is 2.29. The summed E-state index contributed by atoms with van der Waals surface area (Å²) < 4.78 is 0. The van der Waals surface area contributed by atoms with E-state index in [4.69, 9.17) is 11.6 Å². The number of halogens is 1. The van der Waals surface area contributed by atoms with Crippen LogP contribution in [0, 0.1) is 11.8 Å². The van der Waals surface area contributed by atoms with Crippen molar-refractivity contribution >= 4 is 23.2 Å². The standard InChI is InChI=1S/C21H24ClNO/c1-15(21(24)23-20-13-11-19(22)12-14-20)16-7-9-18(10-8-16)17-5-3-2-4-6-17/h2-6,11-16,18H,7-10H2,1H3,(H,23,24). The minimum atomic E-state index is 0.0393. The summed E-state index contributed by atoms with van der Waals surface area (Å²) in [5.41, 5.74) is 2.25. The van der Waals surface area contributed by atoms with Gasteiger partial charge in [-0.15, -0.1) is 0 Å². The summed E-state index contributed by atoms with van der Waals surface area (Å²) in [6.45, 7) is 2.05. The second-order valence-electron chi connectivity index (χ2n) is 6.81. The van der Waals surface area contributed by atoms with Crippen LogP contribution < -0.4 is 5.32 Å². The molecule has 0 saturated heterocycles. The second kappa shape index (κ2) is 7.85. The Hall–Kier alpha value is -1.80. The zero-order valence-corrected chi connectivity index (χ0v) is 14.8. The molecule has 1 aliphatic rings. The molecule has 1 fully saturated rings. The minimum absolute atomic E-state index is 0.0393. The summed E-state index contributed by atoms with van der Waals surface area (Å²) >= 11 is 5.88. The van der Waals surface area contributed by atoms with Gasteiger partial charge < -0.3 is 5.32 Å². The Labute approximate surface area is 149 Å². The number of carbonyl (C=O) groups is 1. The zero-order chi connectivity index (χ0) is 16.9. The Balaban J connectivity index is 1.53. The van der Waals surface area contributed by atoms with Crippen LogP contribution in [-0.4, -0.2) is 5.91 Å². The lowest BCUT2D eigenvalue weighted by Crippen LogP contribution is -2.29. The first-order chi connectivity index (χ1) is 11.6. The van der Waals surface area contributed by atoms with Crippen molar-refractivity contribution in [3.05, 3.63) is 65.2 Å². The van der Waals surface area contributed by atoms with Gasteiger partial charge in [-0.25, -0.2) is 0 Å². The van der Waals surface area contributed by atoms with Gasteiger partial charge in [0.1, 0.15) is 0 Å². The normalized spacial score (nSPS) is 21.9. The molecule has 1 amide bonds. The lowest BCUT2D eigenvalue weighted by molar-refractivity contribution is -0.121. The Morgan fingerprint density at radius 3 is 2.25 bits per heavy atom. The number of nitrogens with one attached hydrogen (secondary N) is 1. The van der Waals surface area contributed by atoms with Crippen LogP contribution in [0.5, 0.6) is 0 Å². The monoisotopic (exact) mass is 341 g/mol. The maximum atomic E-state index is 12.5. The van der Waals surface area contributed by atoms with Crippen LogP contribution >= 0.6 is 11.6 Å². The van der Waals surface area contributed by atoms with Crippen LogP contribution in [0.3, 0.4) is 0 Å². The first-order valence-corrected chi connectivity index (χ1v) is 9.12. The molecule has 2 aromatic rings. The molecule has 0 spiro atoms. The smallest absolute Gasteiger partial charge is 0.227 e. The van der Waals surface area contributed by atoms with E-state index >= 15 is 0 Å². The lowest BCUT2D eigenvalue weighted by Gasteiger charge is -2.32. The summed E-state index contributed by atoms with van der Waals surface area (Å²) in [6, 6.07) is 18.0. The SMILES string of the molecule is CC(C(=O)Nc1ccc(Cl)cc1)C1CCC(c2ccccc2)CC1. The van der Waals surface area contributed by atoms with E-state index in [1.165, 1.54) is 18.4 Å². The summed E-state index contributed by atoms with van der Waals surface area (Å²) in [5, 5.41) is 3.69. The quantitative estimate of drug-likeness (QED) is 0.738. The third-order valence-electron chi connectivity index (χ3n) is 5.28. The number of rotatable bonds is 4. The van der Waals surface area contributed by atoms with E-state index < -0.39 is 0 Å². The van der Waals surface area contributed by atoms with Crippen molar-refractivity contribution in [2.45, 2.75) is 38.5 Å². The molecule has 0 radical (unpaired) electrons. The average molecular weight is 342 g/mol. The van der Waals surface area contributed by atoms with Crippen molar-refractivity contribution in [3.8, 4) is 0 Å². The molecule has 0 bridgehead atoms. The molecule has 24 heavy (non-hydrogen) atoms. The molecule has 1 atom stereocenters. The molecule has 1 N–H and O–H groups in total. The van der Waals surface area contributed by atoms with E-state index in [1.54, 1.807) is 12.1 Å². The van der Waals surface area contributed by atoms with Crippen molar-refractivity contribution < 1.29 is 4.79 Å². The first-order valence-electron chi connectivity index (χ1n) is 8.75. The molecule has 0 aromatic heterocycles. The van der Waals surface area contributed by atoms with E-state index in [9.17, 15) is 4.79 Å². The molecule has 0 heterocycles. The Morgan fingerprint density at radius 2 is 1.62 bits per heavy atom. The van der Waals surface area contributed by atoms with Gasteiger partial charge in [-0.05, 0) is 67.3 Å². The predicted molar refractivity (Wildman–Crippen MR) is 100 cm³/mol. The summed E-state index contributed by atoms with van der Waals surface area (Å²) in [4.78, 5) is 12.5. The Bertz CT molecular complexity index is 660. The van der Waals surface area contributed by atoms with Crippen LogP contribution in [0.15, 0.2) is 54.6 Å². The number of hydrogen-bond acceptors (Lipinski definition) is 1. The molecular weight excluding hydrogens is 318 g/mol. The van der Waals surface area contributed by atoms with Gasteiger partial charge in [-0.1, -0.05) is 48.9 Å². The molecule has 1 aliphatic carbocycles. The van der Waals surface area contributed by atoms with Gasteiger partial charge in [-0.2, -0.15) is 0 Å². The molecule has 126 valence electrons. The fourth-order valence-corrected chi connectivity index (χ4v) is 3.81. The van der Waals surface area contributed by atoms with Crippen molar-refractivity contribution in [2.24, 2.45) is 11.8 Å². The van der Waals surface area contributed by atoms with E-state index in [-0.39, 0.29) is 11.8 Å². The van der Waals surface area contributed by atoms with Crippen molar-refractivity contribution in [2.75, 3.05) is 5.32 Å². The van der Waals surface area contributed by atoms with Gasteiger partial charge in [0.25, 0.3) is 0 Å². The van der Waals surface area contributed by atoms with Crippen LogP contribution in [0.25, 0.3) is 0 Å². The second-order valence-corrected chi connectivity index (χ2v) is 7.24. The van der Waals surface area contributed by atoms with E-state index in [0.29, 0.717) is 16.9 Å². The minimum Gasteiger partial charge on any atom is -0.326 e. The molecule has 3 heteroatoms. The van der Waals surface area contributed by atoms with Gasteiger partial charge >= 0.3 is 0 Å². The van der Waals surface area contributed by atoms with Gasteiger partial charge in [-0.3, -0.25) is 4.79 Å². The topological polar surface area (TPSA) is 29.1 Å². The number of amides is 1. The maximum absolute atomic E-state index is 12.5.